The molecule has 0 radical (unpaired) electrons. The summed E-state index contributed by atoms with van der Waals surface area (Å²) in [5.74, 6) is 0.337. The maximum atomic E-state index is 11.0. The fourth-order valence-electron chi connectivity index (χ4n) is 0.927. The van der Waals surface area contributed by atoms with Crippen LogP contribution < -0.4 is 5.32 Å². The van der Waals surface area contributed by atoms with E-state index in [0.29, 0.717) is 25.5 Å². The summed E-state index contributed by atoms with van der Waals surface area (Å²) in [6, 6.07) is 0. The second-order valence-corrected chi connectivity index (χ2v) is 3.79. The number of halogens is 1. The molecule has 4 heteroatoms. The van der Waals surface area contributed by atoms with Crippen molar-refractivity contribution < 1.29 is 9.53 Å². The Labute approximate surface area is 84.8 Å². The van der Waals surface area contributed by atoms with E-state index in [1.807, 2.05) is 20.8 Å². The number of ether oxygens (including phenoxy) is 1. The van der Waals surface area contributed by atoms with Crippen LogP contribution in [0.1, 0.15) is 27.2 Å². The number of amides is 1. The molecule has 0 atom stereocenters. The predicted molar refractivity (Wildman–Crippen MR) is 54.1 cm³/mol. The Bertz CT molecular complexity index is 160. The van der Waals surface area contributed by atoms with Crippen molar-refractivity contribution in [3.63, 3.8) is 0 Å². The van der Waals surface area contributed by atoms with E-state index >= 15 is 0 Å². The van der Waals surface area contributed by atoms with Gasteiger partial charge in [0.05, 0.1) is 5.60 Å². The molecular weight excluding hydrogens is 190 g/mol. The van der Waals surface area contributed by atoms with Gasteiger partial charge in [-0.3, -0.25) is 4.79 Å². The normalized spacial score (nSPS) is 11.4. The summed E-state index contributed by atoms with van der Waals surface area (Å²) >= 11 is 5.42. The zero-order valence-corrected chi connectivity index (χ0v) is 9.28. The highest BCUT2D eigenvalue weighted by Crippen LogP contribution is 2.06. The predicted octanol–water partition coefficient (Wildman–Crippen LogP) is 1.55. The molecule has 0 aliphatic heterocycles. The molecule has 0 bridgehead atoms. The van der Waals surface area contributed by atoms with E-state index in [4.69, 9.17) is 16.3 Å². The molecule has 1 amide bonds. The molecule has 0 saturated carbocycles. The maximum absolute atomic E-state index is 11.0. The molecule has 13 heavy (non-hydrogen) atoms. The molecule has 0 aromatic carbocycles. The van der Waals surface area contributed by atoms with Gasteiger partial charge in [-0.1, -0.05) is 0 Å². The van der Waals surface area contributed by atoms with Gasteiger partial charge in [0.1, 0.15) is 0 Å². The summed E-state index contributed by atoms with van der Waals surface area (Å²) in [5, 5.41) is 2.76. The highest BCUT2D eigenvalue weighted by atomic mass is 35.5. The van der Waals surface area contributed by atoms with E-state index in [-0.39, 0.29) is 11.5 Å². The lowest BCUT2D eigenvalue weighted by molar-refractivity contribution is -0.122. The number of alkyl halides is 1. The highest BCUT2D eigenvalue weighted by Gasteiger charge is 2.17. The summed E-state index contributed by atoms with van der Waals surface area (Å²) in [7, 11) is 0. The molecule has 0 aromatic heterocycles. The molecule has 0 saturated heterocycles. The topological polar surface area (TPSA) is 38.3 Å². The van der Waals surface area contributed by atoms with Gasteiger partial charge in [-0.25, -0.2) is 0 Å². The number of hydrogen-bond acceptors (Lipinski definition) is 2. The lowest BCUT2D eigenvalue weighted by atomic mass is 10.1. The Morgan fingerprint density at radius 1 is 1.54 bits per heavy atom. The van der Waals surface area contributed by atoms with Gasteiger partial charge in [0, 0.05) is 25.5 Å². The molecule has 0 rings (SSSR count). The standard InChI is InChI=1S/C9H18ClNO2/c1-4-13-9(2,3)7-11-8(12)5-6-10/h4-7H2,1-3H3,(H,11,12). The van der Waals surface area contributed by atoms with E-state index in [2.05, 4.69) is 5.32 Å². The average Bonchev–Trinajstić information content (AvgIpc) is 2.02. The summed E-state index contributed by atoms with van der Waals surface area (Å²) in [5.41, 5.74) is -0.295. The Balaban J connectivity index is 3.67. The van der Waals surface area contributed by atoms with Crippen LogP contribution in [0, 0.1) is 0 Å². The smallest absolute Gasteiger partial charge is 0.221 e. The Morgan fingerprint density at radius 3 is 2.62 bits per heavy atom. The zero-order chi connectivity index (χ0) is 10.3. The molecule has 78 valence electrons. The second kappa shape index (κ2) is 6.22. The van der Waals surface area contributed by atoms with Gasteiger partial charge < -0.3 is 10.1 Å². The molecule has 0 aliphatic carbocycles. The van der Waals surface area contributed by atoms with Crippen molar-refractivity contribution in [1.29, 1.82) is 0 Å². The quantitative estimate of drug-likeness (QED) is 0.672. The van der Waals surface area contributed by atoms with Crippen LogP contribution in [0.3, 0.4) is 0 Å². The molecule has 3 nitrogen and oxygen atoms in total. The van der Waals surface area contributed by atoms with Gasteiger partial charge in [-0.2, -0.15) is 0 Å². The van der Waals surface area contributed by atoms with Gasteiger partial charge in [0.15, 0.2) is 0 Å². The van der Waals surface area contributed by atoms with Crippen LogP contribution >= 0.6 is 11.6 Å². The van der Waals surface area contributed by atoms with Gasteiger partial charge in [-0.05, 0) is 20.8 Å². The molecule has 0 spiro atoms. The SMILES string of the molecule is CCOC(C)(C)CNC(=O)CCCl. The number of rotatable bonds is 6. The van der Waals surface area contributed by atoms with Crippen LogP contribution in [0.25, 0.3) is 0 Å². The molecule has 0 unspecified atom stereocenters. The minimum absolute atomic E-state index is 0.0252. The largest absolute Gasteiger partial charge is 0.374 e. The van der Waals surface area contributed by atoms with Gasteiger partial charge in [0.2, 0.25) is 5.91 Å². The number of hydrogen-bond donors (Lipinski definition) is 1. The van der Waals surface area contributed by atoms with E-state index in [9.17, 15) is 4.79 Å². The summed E-state index contributed by atoms with van der Waals surface area (Å²) < 4.78 is 5.41. The first-order valence-electron chi connectivity index (χ1n) is 4.48. The first-order valence-corrected chi connectivity index (χ1v) is 5.02. The molecule has 0 fully saturated rings. The van der Waals surface area contributed by atoms with Crippen LogP contribution in [0.5, 0.6) is 0 Å². The Kier molecular flexibility index (Phi) is 6.08. The van der Waals surface area contributed by atoms with Crippen LogP contribution in [-0.4, -0.2) is 30.5 Å². The minimum atomic E-state index is -0.295. The van der Waals surface area contributed by atoms with Crippen molar-refractivity contribution in [2.75, 3.05) is 19.0 Å². The fraction of sp³-hybridized carbons (Fsp3) is 0.889. The van der Waals surface area contributed by atoms with Crippen LogP contribution in [0.4, 0.5) is 0 Å². The second-order valence-electron chi connectivity index (χ2n) is 3.41. The lowest BCUT2D eigenvalue weighted by Gasteiger charge is -2.24. The van der Waals surface area contributed by atoms with Crippen molar-refractivity contribution in [2.24, 2.45) is 0 Å². The van der Waals surface area contributed by atoms with Crippen molar-refractivity contribution >= 4 is 17.5 Å². The van der Waals surface area contributed by atoms with Crippen molar-refractivity contribution in [2.45, 2.75) is 32.8 Å². The van der Waals surface area contributed by atoms with Crippen LogP contribution in [0.15, 0.2) is 0 Å². The third-order valence-electron chi connectivity index (χ3n) is 1.57. The molecular formula is C9H18ClNO2. The third-order valence-corrected chi connectivity index (χ3v) is 1.76. The van der Waals surface area contributed by atoms with Crippen LogP contribution in [-0.2, 0) is 9.53 Å². The van der Waals surface area contributed by atoms with E-state index in [1.54, 1.807) is 0 Å². The first-order chi connectivity index (χ1) is 6.02. The van der Waals surface area contributed by atoms with E-state index in [0.717, 1.165) is 0 Å². The molecule has 0 heterocycles. The third kappa shape index (κ3) is 6.84. The minimum Gasteiger partial charge on any atom is -0.374 e. The van der Waals surface area contributed by atoms with Gasteiger partial charge in [-0.15, -0.1) is 11.6 Å². The monoisotopic (exact) mass is 207 g/mol. The van der Waals surface area contributed by atoms with Gasteiger partial charge in [0.25, 0.3) is 0 Å². The molecule has 0 aliphatic rings. The first kappa shape index (κ1) is 12.7. The number of nitrogens with one attached hydrogen (secondary N) is 1. The highest BCUT2D eigenvalue weighted by molar-refractivity contribution is 6.18. The van der Waals surface area contributed by atoms with E-state index in [1.165, 1.54) is 0 Å². The van der Waals surface area contributed by atoms with Crippen molar-refractivity contribution in [3.05, 3.63) is 0 Å². The number of carbonyl (C=O) groups is 1. The summed E-state index contributed by atoms with van der Waals surface area (Å²) in [4.78, 5) is 11.0. The Hall–Kier alpha value is -0.280. The summed E-state index contributed by atoms with van der Waals surface area (Å²) in [6.45, 7) is 6.99. The van der Waals surface area contributed by atoms with Crippen LogP contribution in [0.2, 0.25) is 0 Å². The van der Waals surface area contributed by atoms with Crippen molar-refractivity contribution in [3.8, 4) is 0 Å². The van der Waals surface area contributed by atoms with Gasteiger partial charge >= 0.3 is 0 Å². The molecule has 0 aromatic rings. The maximum Gasteiger partial charge on any atom is 0.221 e. The Morgan fingerprint density at radius 2 is 2.15 bits per heavy atom. The lowest BCUT2D eigenvalue weighted by Crippen LogP contribution is -2.40. The summed E-state index contributed by atoms with van der Waals surface area (Å²) in [6.07, 6.45) is 0.365. The fourth-order valence-corrected chi connectivity index (χ4v) is 1.10. The average molecular weight is 208 g/mol. The van der Waals surface area contributed by atoms with Crippen molar-refractivity contribution in [1.82, 2.24) is 5.32 Å². The van der Waals surface area contributed by atoms with E-state index < -0.39 is 0 Å². The molecule has 1 N–H and O–H groups in total. The zero-order valence-electron chi connectivity index (χ0n) is 8.52. The number of carbonyl (C=O) groups excluding carboxylic acids is 1.